The molecule has 2 rings (SSSR count). The molecule has 0 saturated heterocycles. The summed E-state index contributed by atoms with van der Waals surface area (Å²) in [6.45, 7) is 3.33. The predicted octanol–water partition coefficient (Wildman–Crippen LogP) is 0.0355. The number of rotatable bonds is 7. The van der Waals surface area contributed by atoms with Gasteiger partial charge in [0.15, 0.2) is 5.65 Å². The molecule has 104 valence electrons. The Balaban J connectivity index is 1.99. The summed E-state index contributed by atoms with van der Waals surface area (Å²) < 4.78 is 6.74. The third-order valence-electron chi connectivity index (χ3n) is 2.98. The van der Waals surface area contributed by atoms with Gasteiger partial charge in [-0.25, -0.2) is 9.97 Å². The number of nitrogens with one attached hydrogen (secondary N) is 1. The Morgan fingerprint density at radius 3 is 3.00 bits per heavy atom. The molecule has 19 heavy (non-hydrogen) atoms. The van der Waals surface area contributed by atoms with Crippen LogP contribution < -0.4 is 10.2 Å². The van der Waals surface area contributed by atoms with Crippen molar-refractivity contribution in [2.45, 2.75) is 0 Å². The van der Waals surface area contributed by atoms with Crippen molar-refractivity contribution in [2.75, 3.05) is 45.3 Å². The number of aromatic nitrogens is 4. The number of aryl methyl sites for hydroxylation is 1. The molecule has 0 amide bonds. The lowest BCUT2D eigenvalue weighted by atomic mass is 10.3. The minimum atomic E-state index is 0.726. The van der Waals surface area contributed by atoms with E-state index in [2.05, 4.69) is 25.3 Å². The van der Waals surface area contributed by atoms with E-state index in [1.165, 1.54) is 0 Å². The zero-order valence-corrected chi connectivity index (χ0v) is 11.6. The van der Waals surface area contributed by atoms with E-state index in [1.54, 1.807) is 24.3 Å². The summed E-state index contributed by atoms with van der Waals surface area (Å²) in [4.78, 5) is 10.7. The monoisotopic (exact) mass is 264 g/mol. The zero-order valence-electron chi connectivity index (χ0n) is 11.6. The van der Waals surface area contributed by atoms with Crippen LogP contribution in [-0.2, 0) is 11.8 Å². The lowest BCUT2D eigenvalue weighted by molar-refractivity contribution is 0.200. The largest absolute Gasteiger partial charge is 0.383 e. The average molecular weight is 264 g/mol. The molecule has 0 aliphatic carbocycles. The lowest BCUT2D eigenvalue weighted by Gasteiger charge is -2.18. The van der Waals surface area contributed by atoms with Gasteiger partial charge in [0, 0.05) is 40.8 Å². The van der Waals surface area contributed by atoms with Crippen LogP contribution in [0.25, 0.3) is 11.0 Å². The van der Waals surface area contributed by atoms with Crippen LogP contribution in [0.15, 0.2) is 12.5 Å². The van der Waals surface area contributed by atoms with Crippen LogP contribution in [0.1, 0.15) is 0 Å². The molecule has 2 heterocycles. The summed E-state index contributed by atoms with van der Waals surface area (Å²) in [5, 5.41) is 8.50. The van der Waals surface area contributed by atoms with E-state index in [0.29, 0.717) is 0 Å². The van der Waals surface area contributed by atoms with E-state index < -0.39 is 0 Å². The molecule has 0 aliphatic heterocycles. The minimum Gasteiger partial charge on any atom is -0.383 e. The highest BCUT2D eigenvalue weighted by molar-refractivity contribution is 5.86. The van der Waals surface area contributed by atoms with E-state index in [4.69, 9.17) is 4.74 Å². The fourth-order valence-electron chi connectivity index (χ4n) is 1.91. The van der Waals surface area contributed by atoms with Crippen LogP contribution in [0.2, 0.25) is 0 Å². The highest BCUT2D eigenvalue weighted by atomic mass is 16.5. The molecule has 0 radical (unpaired) electrons. The first-order valence-corrected chi connectivity index (χ1v) is 6.27. The maximum absolute atomic E-state index is 4.99. The molecule has 0 atom stereocenters. The smallest absolute Gasteiger partial charge is 0.163 e. The normalized spacial score (nSPS) is 11.1. The zero-order chi connectivity index (χ0) is 13.7. The van der Waals surface area contributed by atoms with E-state index in [9.17, 15) is 0 Å². The number of nitrogens with zero attached hydrogens (tertiary/aromatic N) is 5. The molecule has 7 nitrogen and oxygen atoms in total. The van der Waals surface area contributed by atoms with Crippen LogP contribution in [0.4, 0.5) is 5.82 Å². The Morgan fingerprint density at radius 2 is 2.21 bits per heavy atom. The van der Waals surface area contributed by atoms with Gasteiger partial charge in [-0.1, -0.05) is 0 Å². The van der Waals surface area contributed by atoms with Gasteiger partial charge in [0.25, 0.3) is 0 Å². The van der Waals surface area contributed by atoms with Gasteiger partial charge in [0.05, 0.1) is 18.2 Å². The second kappa shape index (κ2) is 6.44. The highest BCUT2D eigenvalue weighted by Crippen LogP contribution is 2.20. The molecule has 2 aromatic rings. The second-order valence-corrected chi connectivity index (χ2v) is 4.37. The van der Waals surface area contributed by atoms with Crippen molar-refractivity contribution in [1.29, 1.82) is 0 Å². The maximum Gasteiger partial charge on any atom is 0.163 e. The standard InChI is InChI=1S/C12H20N6O/c1-17(6-4-13-5-7-19-3)11-10-8-16-18(2)12(10)15-9-14-11/h8-9,13H,4-7H2,1-3H3. The van der Waals surface area contributed by atoms with Crippen LogP contribution >= 0.6 is 0 Å². The van der Waals surface area contributed by atoms with Crippen molar-refractivity contribution in [3.63, 3.8) is 0 Å². The van der Waals surface area contributed by atoms with Crippen LogP contribution in [-0.4, -0.2) is 60.1 Å². The summed E-state index contributed by atoms with van der Waals surface area (Å²) in [7, 11) is 5.60. The minimum absolute atomic E-state index is 0.726. The number of hydrogen-bond acceptors (Lipinski definition) is 6. The SMILES string of the molecule is COCCNCCN(C)c1ncnc2c1cnn2C. The second-order valence-electron chi connectivity index (χ2n) is 4.37. The number of likely N-dealkylation sites (N-methyl/N-ethyl adjacent to an activating group) is 1. The van der Waals surface area contributed by atoms with Crippen molar-refractivity contribution in [3.05, 3.63) is 12.5 Å². The fourth-order valence-corrected chi connectivity index (χ4v) is 1.91. The van der Waals surface area contributed by atoms with Gasteiger partial charge in [-0.05, 0) is 0 Å². The van der Waals surface area contributed by atoms with Crippen molar-refractivity contribution in [1.82, 2.24) is 25.1 Å². The van der Waals surface area contributed by atoms with Gasteiger partial charge in [-0.15, -0.1) is 0 Å². The lowest BCUT2D eigenvalue weighted by Crippen LogP contribution is -2.31. The molecule has 2 aromatic heterocycles. The summed E-state index contributed by atoms with van der Waals surface area (Å²) >= 11 is 0. The predicted molar refractivity (Wildman–Crippen MR) is 74.3 cm³/mol. The van der Waals surface area contributed by atoms with Crippen molar-refractivity contribution < 1.29 is 4.74 Å². The number of fused-ring (bicyclic) bond motifs is 1. The third-order valence-corrected chi connectivity index (χ3v) is 2.98. The van der Waals surface area contributed by atoms with Crippen molar-refractivity contribution in [2.24, 2.45) is 7.05 Å². The van der Waals surface area contributed by atoms with Gasteiger partial charge >= 0.3 is 0 Å². The van der Waals surface area contributed by atoms with Crippen molar-refractivity contribution >= 4 is 16.9 Å². The Labute approximate surface area is 112 Å². The van der Waals surface area contributed by atoms with E-state index in [1.807, 2.05) is 14.1 Å². The summed E-state index contributed by atoms with van der Waals surface area (Å²) in [5.74, 6) is 0.909. The van der Waals surface area contributed by atoms with Crippen molar-refractivity contribution in [3.8, 4) is 0 Å². The van der Waals surface area contributed by atoms with Gasteiger partial charge in [0.1, 0.15) is 12.1 Å². The first-order chi connectivity index (χ1) is 9.24. The number of methoxy groups -OCH3 is 1. The van der Waals surface area contributed by atoms with Gasteiger partial charge in [-0.3, -0.25) is 4.68 Å². The van der Waals surface area contributed by atoms with Gasteiger partial charge < -0.3 is 15.0 Å². The number of ether oxygens (including phenoxy) is 1. The molecule has 7 heteroatoms. The quantitative estimate of drug-likeness (QED) is 0.712. The molecule has 0 bridgehead atoms. The molecule has 0 aliphatic rings. The first-order valence-electron chi connectivity index (χ1n) is 6.27. The number of hydrogen-bond donors (Lipinski definition) is 1. The molecule has 1 N–H and O–H groups in total. The fraction of sp³-hybridized carbons (Fsp3) is 0.583. The van der Waals surface area contributed by atoms with Crippen LogP contribution in [0, 0.1) is 0 Å². The molecular formula is C12H20N6O. The molecule has 0 spiro atoms. The summed E-state index contributed by atoms with van der Waals surface area (Å²) in [6.07, 6.45) is 3.38. The Bertz CT molecular complexity index is 526. The van der Waals surface area contributed by atoms with Crippen LogP contribution in [0.5, 0.6) is 0 Å². The molecular weight excluding hydrogens is 244 g/mol. The Morgan fingerprint density at radius 1 is 1.37 bits per heavy atom. The van der Waals surface area contributed by atoms with Crippen LogP contribution in [0.3, 0.4) is 0 Å². The average Bonchev–Trinajstić information content (AvgIpc) is 2.80. The van der Waals surface area contributed by atoms with Gasteiger partial charge in [-0.2, -0.15) is 5.10 Å². The number of anilines is 1. The molecule has 0 unspecified atom stereocenters. The summed E-state index contributed by atoms with van der Waals surface area (Å²) in [6, 6.07) is 0. The first kappa shape index (κ1) is 13.7. The topological polar surface area (TPSA) is 68.1 Å². The third kappa shape index (κ3) is 3.18. The van der Waals surface area contributed by atoms with E-state index >= 15 is 0 Å². The molecule has 0 aromatic carbocycles. The molecule has 0 fully saturated rings. The summed E-state index contributed by atoms with van der Waals surface area (Å²) in [5.41, 5.74) is 0.851. The Kier molecular flexibility index (Phi) is 4.64. The Hall–Kier alpha value is -1.73. The van der Waals surface area contributed by atoms with E-state index in [-0.39, 0.29) is 0 Å². The molecule has 0 saturated carbocycles. The van der Waals surface area contributed by atoms with Gasteiger partial charge in [0.2, 0.25) is 0 Å². The van der Waals surface area contributed by atoms with E-state index in [0.717, 1.165) is 43.1 Å². The maximum atomic E-state index is 4.99. The highest BCUT2D eigenvalue weighted by Gasteiger charge is 2.10.